The summed E-state index contributed by atoms with van der Waals surface area (Å²) in [7, 11) is -3.38. The van der Waals surface area contributed by atoms with Crippen LogP contribution in [0.15, 0.2) is 91.0 Å². The summed E-state index contributed by atoms with van der Waals surface area (Å²) in [6.45, 7) is 11.5. The number of benzene rings is 3. The Hall–Kier alpha value is -1.73. The Kier molecular flexibility index (Phi) is 7.11. The zero-order valence-corrected chi connectivity index (χ0v) is 20.3. The molecule has 0 aliphatic carbocycles. The minimum atomic E-state index is -1.79. The van der Waals surface area contributed by atoms with Gasteiger partial charge in [0.2, 0.25) is 0 Å². The van der Waals surface area contributed by atoms with Crippen LogP contribution >= 0.6 is 7.26 Å². The third-order valence-corrected chi connectivity index (χ3v) is 11.2. The van der Waals surface area contributed by atoms with Crippen molar-refractivity contribution in [1.82, 2.24) is 0 Å². The molecular formula is C26H34OPSi+. The van der Waals surface area contributed by atoms with Crippen LogP contribution in [0, 0.1) is 5.92 Å². The smallest absolute Gasteiger partial charge is 0.184 e. The second kappa shape index (κ2) is 9.39. The van der Waals surface area contributed by atoms with Gasteiger partial charge in [0.05, 0.1) is 6.16 Å². The fourth-order valence-electron chi connectivity index (χ4n) is 4.07. The molecule has 0 aliphatic heterocycles. The van der Waals surface area contributed by atoms with Gasteiger partial charge in [-0.3, -0.25) is 0 Å². The highest BCUT2D eigenvalue weighted by molar-refractivity contribution is 7.95. The Balaban J connectivity index is 2.15. The van der Waals surface area contributed by atoms with Crippen molar-refractivity contribution in [2.45, 2.75) is 39.6 Å². The van der Waals surface area contributed by atoms with E-state index in [0.29, 0.717) is 5.92 Å². The first-order valence-corrected chi connectivity index (χ1v) is 15.9. The van der Waals surface area contributed by atoms with E-state index in [2.05, 4.69) is 124 Å². The van der Waals surface area contributed by atoms with E-state index >= 15 is 0 Å². The molecule has 3 rings (SSSR count). The van der Waals surface area contributed by atoms with Crippen LogP contribution in [0.5, 0.6) is 0 Å². The van der Waals surface area contributed by atoms with Gasteiger partial charge in [0.1, 0.15) is 23.2 Å². The molecule has 2 unspecified atom stereocenters. The van der Waals surface area contributed by atoms with E-state index in [1.165, 1.54) is 15.9 Å². The Labute approximate surface area is 178 Å². The second-order valence-electron chi connectivity index (χ2n) is 8.91. The Morgan fingerprint density at radius 1 is 0.655 bits per heavy atom. The quantitative estimate of drug-likeness (QED) is 0.327. The van der Waals surface area contributed by atoms with E-state index in [9.17, 15) is 0 Å². The molecule has 0 fully saturated rings. The van der Waals surface area contributed by atoms with Crippen LogP contribution in [0.3, 0.4) is 0 Å². The summed E-state index contributed by atoms with van der Waals surface area (Å²) in [5, 5.41) is 4.35. The monoisotopic (exact) mass is 421 g/mol. The normalized spacial score (nSPS) is 14.4. The molecule has 0 amide bonds. The molecule has 3 aromatic rings. The van der Waals surface area contributed by atoms with Gasteiger partial charge in [-0.05, 0) is 63.0 Å². The molecule has 0 spiro atoms. The topological polar surface area (TPSA) is 9.23 Å². The minimum absolute atomic E-state index is 0.247. The van der Waals surface area contributed by atoms with Crippen LogP contribution in [0.4, 0.5) is 0 Å². The van der Waals surface area contributed by atoms with E-state index in [0.717, 1.165) is 6.16 Å². The summed E-state index contributed by atoms with van der Waals surface area (Å²) < 4.78 is 6.51. The summed E-state index contributed by atoms with van der Waals surface area (Å²) in [4.78, 5) is 0. The van der Waals surface area contributed by atoms with Crippen LogP contribution in [0.1, 0.15) is 13.8 Å². The fourth-order valence-corrected chi connectivity index (χ4v) is 10.1. The molecule has 0 bridgehead atoms. The van der Waals surface area contributed by atoms with Crippen molar-refractivity contribution >= 4 is 31.5 Å². The molecule has 152 valence electrons. The fraction of sp³-hybridized carbons (Fsp3) is 0.308. The van der Waals surface area contributed by atoms with E-state index in [-0.39, 0.29) is 6.10 Å². The number of hydrogen-bond donors (Lipinski definition) is 0. The van der Waals surface area contributed by atoms with E-state index in [1.54, 1.807) is 0 Å². The summed E-state index contributed by atoms with van der Waals surface area (Å²) in [6.07, 6.45) is 1.36. The van der Waals surface area contributed by atoms with Crippen molar-refractivity contribution in [2.24, 2.45) is 5.92 Å². The molecule has 0 saturated heterocycles. The van der Waals surface area contributed by atoms with Gasteiger partial charge in [0, 0.05) is 12.0 Å². The summed E-state index contributed by atoms with van der Waals surface area (Å²) in [5.74, 6) is 0.454. The molecule has 0 aromatic heterocycles. The van der Waals surface area contributed by atoms with Crippen molar-refractivity contribution in [3.05, 3.63) is 91.0 Å². The largest absolute Gasteiger partial charge is 0.415 e. The van der Waals surface area contributed by atoms with Crippen molar-refractivity contribution in [2.75, 3.05) is 6.16 Å². The molecule has 29 heavy (non-hydrogen) atoms. The van der Waals surface area contributed by atoms with Gasteiger partial charge >= 0.3 is 0 Å². The standard InChI is InChI=1S/C26H34OPSi/c1-22(23(2)27-29(3,4)5)21-28(24-15-9-6-10-16-24,25-17-11-7-12-18-25)26-19-13-8-14-20-26/h6-20,22-23H,21H2,1-5H3/q+1. The maximum absolute atomic E-state index is 6.51. The van der Waals surface area contributed by atoms with Crippen LogP contribution < -0.4 is 15.9 Å². The average molecular weight is 422 g/mol. The third kappa shape index (κ3) is 5.25. The first-order valence-electron chi connectivity index (χ1n) is 10.6. The van der Waals surface area contributed by atoms with Gasteiger partial charge in [0.15, 0.2) is 8.32 Å². The number of hydrogen-bond acceptors (Lipinski definition) is 1. The lowest BCUT2D eigenvalue weighted by Gasteiger charge is -2.34. The predicted octanol–water partition coefficient (Wildman–Crippen LogP) is 5.86. The Bertz CT molecular complexity index is 778. The van der Waals surface area contributed by atoms with Crippen LogP contribution in [-0.2, 0) is 4.43 Å². The van der Waals surface area contributed by atoms with Crippen molar-refractivity contribution in [3.63, 3.8) is 0 Å². The molecule has 2 atom stereocenters. The van der Waals surface area contributed by atoms with Crippen molar-refractivity contribution in [1.29, 1.82) is 0 Å². The molecule has 0 aliphatic rings. The zero-order valence-electron chi connectivity index (χ0n) is 18.4. The third-order valence-electron chi connectivity index (χ3n) is 5.49. The maximum atomic E-state index is 6.51. The van der Waals surface area contributed by atoms with Crippen LogP contribution in [0.25, 0.3) is 0 Å². The Morgan fingerprint density at radius 3 is 1.31 bits per heavy atom. The van der Waals surface area contributed by atoms with E-state index in [1.807, 2.05) is 0 Å². The first-order chi connectivity index (χ1) is 13.8. The van der Waals surface area contributed by atoms with Gasteiger partial charge in [-0.2, -0.15) is 0 Å². The lowest BCUT2D eigenvalue weighted by atomic mass is 10.1. The highest BCUT2D eigenvalue weighted by Crippen LogP contribution is 2.57. The van der Waals surface area contributed by atoms with E-state index in [4.69, 9.17) is 4.43 Å². The maximum Gasteiger partial charge on any atom is 0.184 e. The molecule has 3 heteroatoms. The summed E-state index contributed by atoms with van der Waals surface area (Å²) in [5.41, 5.74) is 0. The highest BCUT2D eigenvalue weighted by atomic mass is 31.2. The molecular weight excluding hydrogens is 387 g/mol. The molecule has 3 aromatic carbocycles. The number of rotatable bonds is 8. The first kappa shape index (κ1) is 22.0. The lowest BCUT2D eigenvalue weighted by molar-refractivity contribution is 0.165. The lowest BCUT2D eigenvalue weighted by Crippen LogP contribution is -2.40. The van der Waals surface area contributed by atoms with Crippen molar-refractivity contribution in [3.8, 4) is 0 Å². The van der Waals surface area contributed by atoms with Crippen LogP contribution in [0.2, 0.25) is 19.6 Å². The SMILES string of the molecule is CC(C[P+](c1ccccc1)(c1ccccc1)c1ccccc1)C(C)O[Si](C)(C)C. The molecule has 0 N–H and O–H groups in total. The average Bonchev–Trinajstić information content (AvgIpc) is 2.72. The van der Waals surface area contributed by atoms with Gasteiger partial charge in [-0.15, -0.1) is 0 Å². The molecule has 0 saturated carbocycles. The zero-order chi connectivity index (χ0) is 20.9. The minimum Gasteiger partial charge on any atom is -0.415 e. The van der Waals surface area contributed by atoms with Gasteiger partial charge in [0.25, 0.3) is 0 Å². The van der Waals surface area contributed by atoms with E-state index < -0.39 is 15.6 Å². The summed E-state index contributed by atoms with van der Waals surface area (Å²) >= 11 is 0. The van der Waals surface area contributed by atoms with Gasteiger partial charge in [-0.1, -0.05) is 61.5 Å². The van der Waals surface area contributed by atoms with Crippen LogP contribution in [-0.4, -0.2) is 20.6 Å². The molecule has 0 heterocycles. The van der Waals surface area contributed by atoms with Crippen molar-refractivity contribution < 1.29 is 4.43 Å². The second-order valence-corrected chi connectivity index (χ2v) is 16.9. The summed E-state index contributed by atoms with van der Waals surface area (Å²) in [6, 6.07) is 33.4. The predicted molar refractivity (Wildman–Crippen MR) is 133 cm³/mol. The molecule has 0 radical (unpaired) electrons. The molecule has 1 nitrogen and oxygen atoms in total. The highest BCUT2D eigenvalue weighted by Gasteiger charge is 2.47. The van der Waals surface area contributed by atoms with Gasteiger partial charge < -0.3 is 4.43 Å². The Morgan fingerprint density at radius 2 is 1.00 bits per heavy atom. The van der Waals surface area contributed by atoms with Gasteiger partial charge in [-0.25, -0.2) is 0 Å².